The molecular weight excluding hydrogens is 340 g/mol. The van der Waals surface area contributed by atoms with E-state index in [1.54, 1.807) is 0 Å². The van der Waals surface area contributed by atoms with Crippen molar-refractivity contribution in [3.63, 3.8) is 0 Å². The maximum Gasteiger partial charge on any atom is 0.329 e. The van der Waals surface area contributed by atoms with Gasteiger partial charge in [-0.25, -0.2) is 9.59 Å². The molecule has 0 saturated carbocycles. The summed E-state index contributed by atoms with van der Waals surface area (Å²) in [5, 5.41) is 2.95. The third-order valence-electron chi connectivity index (χ3n) is 5.05. The van der Waals surface area contributed by atoms with Crippen molar-refractivity contribution in [1.29, 1.82) is 0 Å². The van der Waals surface area contributed by atoms with Crippen LogP contribution in [0.4, 0.5) is 4.79 Å². The van der Waals surface area contributed by atoms with Gasteiger partial charge in [0.2, 0.25) is 0 Å². The molecule has 1 N–H and O–H groups in total. The second-order valence-electron chi connectivity index (χ2n) is 8.90. The molecule has 1 aromatic rings. The third-order valence-corrected chi connectivity index (χ3v) is 5.05. The van der Waals surface area contributed by atoms with Crippen molar-refractivity contribution >= 4 is 12.0 Å². The number of nitrogens with one attached hydrogen (secondary N) is 1. The normalized spacial score (nSPS) is 21.4. The molecule has 0 bridgehead atoms. The lowest BCUT2D eigenvalue weighted by atomic mass is 9.88. The average molecular weight is 375 g/mol. The van der Waals surface area contributed by atoms with Crippen molar-refractivity contribution in [2.75, 3.05) is 0 Å². The van der Waals surface area contributed by atoms with E-state index in [0.29, 0.717) is 6.42 Å². The highest BCUT2D eigenvalue weighted by molar-refractivity contribution is 5.84. The summed E-state index contributed by atoms with van der Waals surface area (Å²) in [6, 6.07) is 9.14. The molecule has 1 aliphatic heterocycles. The fraction of sp³-hybridized carbons (Fsp3) is 0.636. The van der Waals surface area contributed by atoms with Crippen molar-refractivity contribution in [3.05, 3.63) is 35.9 Å². The number of ether oxygens (including phenoxy) is 1. The Morgan fingerprint density at radius 1 is 1.15 bits per heavy atom. The van der Waals surface area contributed by atoms with E-state index in [2.05, 4.69) is 39.9 Å². The van der Waals surface area contributed by atoms with Crippen molar-refractivity contribution < 1.29 is 14.3 Å². The van der Waals surface area contributed by atoms with Crippen molar-refractivity contribution in [3.8, 4) is 0 Å². The maximum atomic E-state index is 12.9. The first-order chi connectivity index (χ1) is 12.7. The Hall–Kier alpha value is -2.04. The van der Waals surface area contributed by atoms with Gasteiger partial charge in [0.15, 0.2) is 0 Å². The van der Waals surface area contributed by atoms with Gasteiger partial charge in [-0.05, 0) is 50.5 Å². The number of hydrogen-bond donors (Lipinski definition) is 1. The Balaban J connectivity index is 2.04. The van der Waals surface area contributed by atoms with Crippen LogP contribution in [-0.2, 0) is 16.1 Å². The SMILES string of the molecule is C[C@@H]1CCC[C@H](C)N1C(=O)N[C@@H](CC(C)(C)C)C(=O)OCc1ccccc1. The van der Waals surface area contributed by atoms with E-state index in [1.165, 1.54) is 0 Å². The van der Waals surface area contributed by atoms with Crippen LogP contribution in [0.2, 0.25) is 0 Å². The second-order valence-corrected chi connectivity index (χ2v) is 8.90. The Kier molecular flexibility index (Phi) is 7.28. The number of urea groups is 1. The number of esters is 1. The lowest BCUT2D eigenvalue weighted by Crippen LogP contribution is -2.56. The lowest BCUT2D eigenvalue weighted by Gasteiger charge is -2.40. The molecule has 1 heterocycles. The molecule has 2 rings (SSSR count). The number of piperidine rings is 1. The van der Waals surface area contributed by atoms with E-state index in [4.69, 9.17) is 4.74 Å². The van der Waals surface area contributed by atoms with E-state index in [-0.39, 0.29) is 36.1 Å². The molecule has 5 heteroatoms. The number of rotatable bonds is 5. The smallest absolute Gasteiger partial charge is 0.329 e. The Morgan fingerprint density at radius 3 is 2.30 bits per heavy atom. The molecule has 5 nitrogen and oxygen atoms in total. The first kappa shape index (κ1) is 21.3. The van der Waals surface area contributed by atoms with Crippen LogP contribution in [0.15, 0.2) is 30.3 Å². The standard InChI is InChI=1S/C22H34N2O3/c1-16-10-9-11-17(2)24(16)21(26)23-19(14-22(3,4)5)20(25)27-15-18-12-7-6-8-13-18/h6-8,12-13,16-17,19H,9-11,14-15H2,1-5H3,(H,23,26)/t16-,17+,19-/m0/s1. The molecule has 0 spiro atoms. The predicted molar refractivity (Wildman–Crippen MR) is 107 cm³/mol. The van der Waals surface area contributed by atoms with Gasteiger partial charge in [0.1, 0.15) is 12.6 Å². The zero-order valence-corrected chi connectivity index (χ0v) is 17.3. The molecule has 2 amide bonds. The molecule has 27 heavy (non-hydrogen) atoms. The van der Waals surface area contributed by atoms with Gasteiger partial charge >= 0.3 is 12.0 Å². The van der Waals surface area contributed by atoms with Crippen LogP contribution in [0.5, 0.6) is 0 Å². The van der Waals surface area contributed by atoms with Crippen LogP contribution in [0.3, 0.4) is 0 Å². The number of amides is 2. The highest BCUT2D eigenvalue weighted by Crippen LogP contribution is 2.25. The molecule has 3 atom stereocenters. The lowest BCUT2D eigenvalue weighted by molar-refractivity contribution is -0.148. The molecule has 1 aliphatic rings. The highest BCUT2D eigenvalue weighted by Gasteiger charge is 2.33. The van der Waals surface area contributed by atoms with Crippen LogP contribution >= 0.6 is 0 Å². The summed E-state index contributed by atoms with van der Waals surface area (Å²) in [6.07, 6.45) is 3.67. The van der Waals surface area contributed by atoms with E-state index >= 15 is 0 Å². The van der Waals surface area contributed by atoms with E-state index in [9.17, 15) is 9.59 Å². The minimum atomic E-state index is -0.650. The van der Waals surface area contributed by atoms with Crippen LogP contribution in [0.25, 0.3) is 0 Å². The van der Waals surface area contributed by atoms with Gasteiger partial charge in [0.05, 0.1) is 0 Å². The maximum absolute atomic E-state index is 12.9. The molecule has 0 radical (unpaired) electrons. The third kappa shape index (κ3) is 6.56. The zero-order chi connectivity index (χ0) is 20.0. The zero-order valence-electron chi connectivity index (χ0n) is 17.3. The average Bonchev–Trinajstić information content (AvgIpc) is 2.58. The van der Waals surface area contributed by atoms with E-state index in [0.717, 1.165) is 24.8 Å². The largest absolute Gasteiger partial charge is 0.459 e. The van der Waals surface area contributed by atoms with Crippen molar-refractivity contribution in [2.45, 2.75) is 85.0 Å². The van der Waals surface area contributed by atoms with Crippen LogP contribution in [-0.4, -0.2) is 35.0 Å². The van der Waals surface area contributed by atoms with Gasteiger partial charge in [0.25, 0.3) is 0 Å². The number of carbonyl (C=O) groups is 2. The fourth-order valence-electron chi connectivity index (χ4n) is 3.68. The highest BCUT2D eigenvalue weighted by atomic mass is 16.5. The second kappa shape index (κ2) is 9.25. The summed E-state index contributed by atoms with van der Waals surface area (Å²) in [6.45, 7) is 10.5. The Morgan fingerprint density at radius 2 is 1.74 bits per heavy atom. The predicted octanol–water partition coefficient (Wildman–Crippen LogP) is 4.51. The molecule has 1 aromatic carbocycles. The van der Waals surface area contributed by atoms with Crippen molar-refractivity contribution in [2.24, 2.45) is 5.41 Å². The van der Waals surface area contributed by atoms with Crippen molar-refractivity contribution in [1.82, 2.24) is 10.2 Å². The first-order valence-electron chi connectivity index (χ1n) is 9.97. The van der Waals surface area contributed by atoms with Gasteiger partial charge < -0.3 is 15.0 Å². The molecule has 0 aliphatic carbocycles. The van der Waals surface area contributed by atoms with E-state index < -0.39 is 6.04 Å². The summed E-state index contributed by atoms with van der Waals surface area (Å²) in [5.74, 6) is -0.376. The monoisotopic (exact) mass is 374 g/mol. The molecule has 0 unspecified atom stereocenters. The fourth-order valence-corrected chi connectivity index (χ4v) is 3.68. The first-order valence-corrected chi connectivity index (χ1v) is 9.97. The minimum absolute atomic E-state index is 0.108. The summed E-state index contributed by atoms with van der Waals surface area (Å²) in [7, 11) is 0. The van der Waals surface area contributed by atoms with Crippen LogP contribution < -0.4 is 5.32 Å². The van der Waals surface area contributed by atoms with Gasteiger partial charge in [-0.1, -0.05) is 51.1 Å². The number of nitrogens with zero attached hydrogens (tertiary/aromatic N) is 1. The topological polar surface area (TPSA) is 58.6 Å². The minimum Gasteiger partial charge on any atom is -0.459 e. The Labute approximate surface area is 163 Å². The summed E-state index contributed by atoms with van der Waals surface area (Å²) in [4.78, 5) is 27.5. The molecule has 1 saturated heterocycles. The van der Waals surface area contributed by atoms with Crippen LogP contribution in [0, 0.1) is 5.41 Å². The van der Waals surface area contributed by atoms with Gasteiger partial charge in [-0.15, -0.1) is 0 Å². The Bertz CT molecular complexity index is 614. The number of carbonyl (C=O) groups excluding carboxylic acids is 2. The van der Waals surface area contributed by atoms with E-state index in [1.807, 2.05) is 35.2 Å². The summed E-state index contributed by atoms with van der Waals surface area (Å²) in [5.41, 5.74) is 0.827. The summed E-state index contributed by atoms with van der Waals surface area (Å²) < 4.78 is 5.51. The van der Waals surface area contributed by atoms with Gasteiger partial charge in [-0.2, -0.15) is 0 Å². The number of hydrogen-bond acceptors (Lipinski definition) is 3. The summed E-state index contributed by atoms with van der Waals surface area (Å²) >= 11 is 0. The molecule has 150 valence electrons. The number of benzene rings is 1. The molecule has 0 aromatic heterocycles. The van der Waals surface area contributed by atoms with Gasteiger partial charge in [0, 0.05) is 12.1 Å². The van der Waals surface area contributed by atoms with Gasteiger partial charge in [-0.3, -0.25) is 0 Å². The molecular formula is C22H34N2O3. The number of likely N-dealkylation sites (tertiary alicyclic amines) is 1. The quantitative estimate of drug-likeness (QED) is 0.772. The van der Waals surface area contributed by atoms with Crippen LogP contribution in [0.1, 0.15) is 65.9 Å². The molecule has 1 fully saturated rings.